The Bertz CT molecular complexity index is 648. The van der Waals surface area contributed by atoms with Crippen LogP contribution >= 0.6 is 0 Å². The Kier molecular flexibility index (Phi) is 4.15. The highest BCUT2D eigenvalue weighted by molar-refractivity contribution is 6.20. The smallest absolute Gasteiger partial charge is 0.336 e. The van der Waals surface area contributed by atoms with Crippen molar-refractivity contribution in [3.05, 3.63) is 65.5 Å². The lowest BCUT2D eigenvalue weighted by atomic mass is 10.0. The number of methoxy groups -OCH3 is 1. The number of aliphatic carboxylic acids is 1. The van der Waals surface area contributed by atoms with E-state index >= 15 is 0 Å². The number of carboxylic acids is 1. The number of benzene rings is 2. The second-order valence-electron chi connectivity index (χ2n) is 4.12. The lowest BCUT2D eigenvalue weighted by molar-refractivity contribution is -0.130. The van der Waals surface area contributed by atoms with E-state index in [0.29, 0.717) is 11.1 Å². The zero-order valence-electron chi connectivity index (χ0n) is 10.8. The Labute approximate surface area is 115 Å². The molecule has 0 aliphatic rings. The maximum atomic E-state index is 13.6. The summed E-state index contributed by atoms with van der Waals surface area (Å²) in [7, 11) is 1.38. The molecule has 0 heterocycles. The first-order chi connectivity index (χ1) is 9.61. The Morgan fingerprint density at radius 2 is 1.90 bits per heavy atom. The number of hydrogen-bond acceptors (Lipinski definition) is 2. The van der Waals surface area contributed by atoms with Crippen molar-refractivity contribution in [3.8, 4) is 5.75 Å². The number of carbonyl (C=O) groups is 1. The number of carboxylic acid groups (broad SMARTS) is 1. The van der Waals surface area contributed by atoms with Gasteiger partial charge in [-0.2, -0.15) is 0 Å². The van der Waals surface area contributed by atoms with Gasteiger partial charge in [0.05, 0.1) is 12.7 Å². The van der Waals surface area contributed by atoms with Gasteiger partial charge < -0.3 is 9.84 Å². The SMILES string of the molecule is COc1ccc(C=C(C(=O)O)c2ccccc2)cc1F. The number of hydrogen-bond donors (Lipinski definition) is 1. The normalized spacial score (nSPS) is 11.2. The predicted octanol–water partition coefficient (Wildman–Crippen LogP) is 3.46. The van der Waals surface area contributed by atoms with Crippen LogP contribution in [0.5, 0.6) is 5.75 Å². The molecule has 0 amide bonds. The second kappa shape index (κ2) is 6.02. The molecule has 4 heteroatoms. The third kappa shape index (κ3) is 3.03. The molecule has 0 aliphatic heterocycles. The quantitative estimate of drug-likeness (QED) is 0.685. The van der Waals surface area contributed by atoms with E-state index in [9.17, 15) is 14.3 Å². The minimum absolute atomic E-state index is 0.107. The lowest BCUT2D eigenvalue weighted by Gasteiger charge is -2.05. The topological polar surface area (TPSA) is 46.5 Å². The van der Waals surface area contributed by atoms with Crippen molar-refractivity contribution in [2.45, 2.75) is 0 Å². The van der Waals surface area contributed by atoms with Gasteiger partial charge in [0, 0.05) is 0 Å². The lowest BCUT2D eigenvalue weighted by Crippen LogP contribution is -1.99. The van der Waals surface area contributed by atoms with Gasteiger partial charge in [0.15, 0.2) is 11.6 Å². The third-order valence-corrected chi connectivity index (χ3v) is 2.80. The first-order valence-corrected chi connectivity index (χ1v) is 5.96. The maximum Gasteiger partial charge on any atom is 0.336 e. The van der Waals surface area contributed by atoms with Crippen LogP contribution in [0, 0.1) is 5.82 Å². The monoisotopic (exact) mass is 272 g/mol. The van der Waals surface area contributed by atoms with Crippen LogP contribution in [-0.2, 0) is 4.79 Å². The summed E-state index contributed by atoms with van der Waals surface area (Å²) in [5.74, 6) is -1.47. The molecule has 0 radical (unpaired) electrons. The van der Waals surface area contributed by atoms with Gasteiger partial charge in [-0.3, -0.25) is 0 Å². The van der Waals surface area contributed by atoms with Crippen molar-refractivity contribution in [2.75, 3.05) is 7.11 Å². The summed E-state index contributed by atoms with van der Waals surface area (Å²) in [6.07, 6.45) is 1.43. The summed E-state index contributed by atoms with van der Waals surface area (Å²) in [4.78, 5) is 11.3. The van der Waals surface area contributed by atoms with Crippen LogP contribution in [0.1, 0.15) is 11.1 Å². The molecule has 2 aromatic rings. The zero-order chi connectivity index (χ0) is 14.5. The molecular formula is C16H13FO3. The highest BCUT2D eigenvalue weighted by Gasteiger charge is 2.11. The van der Waals surface area contributed by atoms with E-state index in [1.807, 2.05) is 0 Å². The molecule has 102 valence electrons. The predicted molar refractivity (Wildman–Crippen MR) is 74.9 cm³/mol. The fraction of sp³-hybridized carbons (Fsp3) is 0.0625. The minimum atomic E-state index is -1.06. The Balaban J connectivity index is 2.45. The summed E-state index contributed by atoms with van der Waals surface area (Å²) in [5.41, 5.74) is 1.14. The number of ether oxygens (including phenoxy) is 1. The highest BCUT2D eigenvalue weighted by atomic mass is 19.1. The van der Waals surface area contributed by atoms with Crippen molar-refractivity contribution in [1.82, 2.24) is 0 Å². The molecule has 0 atom stereocenters. The summed E-state index contributed by atoms with van der Waals surface area (Å²) in [5, 5.41) is 9.27. The number of rotatable bonds is 4. The van der Waals surface area contributed by atoms with Gasteiger partial charge in [0.2, 0.25) is 0 Å². The summed E-state index contributed by atoms with van der Waals surface area (Å²) < 4.78 is 18.4. The van der Waals surface area contributed by atoms with Crippen molar-refractivity contribution in [3.63, 3.8) is 0 Å². The van der Waals surface area contributed by atoms with Crippen LogP contribution in [-0.4, -0.2) is 18.2 Å². The van der Waals surface area contributed by atoms with Gasteiger partial charge in [-0.1, -0.05) is 36.4 Å². The van der Waals surface area contributed by atoms with Crippen LogP contribution in [0.3, 0.4) is 0 Å². The zero-order valence-corrected chi connectivity index (χ0v) is 10.8. The average molecular weight is 272 g/mol. The summed E-state index contributed by atoms with van der Waals surface area (Å²) in [6, 6.07) is 13.0. The Morgan fingerprint density at radius 1 is 1.20 bits per heavy atom. The second-order valence-corrected chi connectivity index (χ2v) is 4.12. The Hall–Kier alpha value is -2.62. The molecular weight excluding hydrogens is 259 g/mol. The van der Waals surface area contributed by atoms with Crippen molar-refractivity contribution < 1.29 is 19.0 Å². The molecule has 0 fully saturated rings. The van der Waals surface area contributed by atoms with Gasteiger partial charge >= 0.3 is 5.97 Å². The van der Waals surface area contributed by atoms with Crippen LogP contribution < -0.4 is 4.74 Å². The molecule has 2 aromatic carbocycles. The van der Waals surface area contributed by atoms with Gasteiger partial charge in [-0.25, -0.2) is 9.18 Å². The van der Waals surface area contributed by atoms with E-state index in [-0.39, 0.29) is 11.3 Å². The molecule has 0 aliphatic carbocycles. The van der Waals surface area contributed by atoms with E-state index in [4.69, 9.17) is 4.74 Å². The van der Waals surface area contributed by atoms with Gasteiger partial charge in [-0.15, -0.1) is 0 Å². The largest absolute Gasteiger partial charge is 0.494 e. The third-order valence-electron chi connectivity index (χ3n) is 2.80. The first-order valence-electron chi connectivity index (χ1n) is 5.96. The molecule has 20 heavy (non-hydrogen) atoms. The van der Waals surface area contributed by atoms with E-state index in [1.54, 1.807) is 36.4 Å². The minimum Gasteiger partial charge on any atom is -0.494 e. The van der Waals surface area contributed by atoms with E-state index in [0.717, 1.165) is 0 Å². The van der Waals surface area contributed by atoms with Crippen LogP contribution in [0.2, 0.25) is 0 Å². The Morgan fingerprint density at radius 3 is 2.45 bits per heavy atom. The van der Waals surface area contributed by atoms with Crippen molar-refractivity contribution in [2.24, 2.45) is 0 Å². The van der Waals surface area contributed by atoms with Crippen LogP contribution in [0.15, 0.2) is 48.5 Å². The molecule has 0 spiro atoms. The van der Waals surface area contributed by atoms with E-state index in [2.05, 4.69) is 0 Å². The molecule has 0 saturated heterocycles. The highest BCUT2D eigenvalue weighted by Crippen LogP contribution is 2.22. The van der Waals surface area contributed by atoms with Gasteiger partial charge in [0.1, 0.15) is 0 Å². The van der Waals surface area contributed by atoms with E-state index in [1.165, 1.54) is 25.3 Å². The molecule has 3 nitrogen and oxygen atoms in total. The van der Waals surface area contributed by atoms with Crippen LogP contribution in [0.4, 0.5) is 4.39 Å². The van der Waals surface area contributed by atoms with Crippen molar-refractivity contribution in [1.29, 1.82) is 0 Å². The van der Waals surface area contributed by atoms with Crippen molar-refractivity contribution >= 4 is 17.6 Å². The maximum absolute atomic E-state index is 13.6. The van der Waals surface area contributed by atoms with Crippen LogP contribution in [0.25, 0.3) is 11.6 Å². The molecule has 0 bridgehead atoms. The number of halogens is 1. The molecule has 0 saturated carbocycles. The van der Waals surface area contributed by atoms with Gasteiger partial charge in [0.25, 0.3) is 0 Å². The molecule has 2 rings (SSSR count). The first kappa shape index (κ1) is 13.8. The van der Waals surface area contributed by atoms with E-state index < -0.39 is 11.8 Å². The molecule has 0 unspecified atom stereocenters. The van der Waals surface area contributed by atoms with Gasteiger partial charge in [-0.05, 0) is 29.3 Å². The summed E-state index contributed by atoms with van der Waals surface area (Å²) >= 11 is 0. The average Bonchev–Trinajstić information content (AvgIpc) is 2.45. The standard InChI is InChI=1S/C16H13FO3/c1-20-15-8-7-11(10-14(15)17)9-13(16(18)19)12-5-3-2-4-6-12/h2-10H,1H3,(H,18,19). The fourth-order valence-corrected chi connectivity index (χ4v) is 1.83. The molecule has 0 aromatic heterocycles. The molecule has 1 N–H and O–H groups in total. The summed E-state index contributed by atoms with van der Waals surface area (Å²) in [6.45, 7) is 0. The fourth-order valence-electron chi connectivity index (χ4n) is 1.83.